The van der Waals surface area contributed by atoms with E-state index in [1.54, 1.807) is 26.0 Å². The fourth-order valence-electron chi connectivity index (χ4n) is 10.3. The van der Waals surface area contributed by atoms with E-state index in [0.29, 0.717) is 22.6 Å². The molecule has 528 valence electrons. The van der Waals surface area contributed by atoms with Crippen LogP contribution in [0.2, 0.25) is 5.02 Å². The first-order valence-corrected chi connectivity index (χ1v) is 31.8. The van der Waals surface area contributed by atoms with E-state index in [1.807, 2.05) is 0 Å². The number of nitrogens with zero attached hydrogens (tertiary/aromatic N) is 3. The van der Waals surface area contributed by atoms with Gasteiger partial charge in [0, 0.05) is 51.0 Å². The molecule has 11 atom stereocenters. The van der Waals surface area contributed by atoms with E-state index in [2.05, 4.69) is 68.5 Å². The summed E-state index contributed by atoms with van der Waals surface area (Å²) in [7, 11) is 0. The van der Waals surface area contributed by atoms with Crippen molar-refractivity contribution in [3.05, 3.63) is 64.7 Å². The standard InChI is InChI=1S/C61H92ClN19O15/c1-31(2)26-42(53(90)76-41(12-8-24-70-61(66)67)59(96)81-25-9-13-47(81)58(95)72-32(3)49(63)86)77-51(88)39(11-7-23-69-60(64)65)74-55(92)44(28-36-16-20-38(84)21-17-36)79-57(94)46(30-82)80-52(89)40-10-6-22-68-50(87)33(4)71-48(85)29-45(73-34(5)83)56(93)78-43(54(91)75-40)27-35-14-18-37(62)19-15-35/h14-21,31-33,39-47,82,84H,6-13,22-30H2,1-5H3,(H2,63,86)(H,68,87)(H,71,85)(H,72,95)(H,73,83)(H,74,92)(H,75,91)(H,76,90)(H,77,88)(H,78,93)(H,79,94)(H,80,89)(H4,64,65,69)(H4,66,67,70)/t32-,33+,39-,40-,41+,42+,43-,44+,45-,46+,47+/m1/s1. The van der Waals surface area contributed by atoms with Crippen LogP contribution in [-0.4, -0.2) is 203 Å². The van der Waals surface area contributed by atoms with Crippen molar-refractivity contribution in [1.82, 2.24) is 63.4 Å². The Bertz CT molecular complexity index is 3130. The van der Waals surface area contributed by atoms with E-state index in [0.717, 1.165) is 6.92 Å². The van der Waals surface area contributed by atoms with E-state index < -0.39 is 156 Å². The molecular weight excluding hydrogens is 1270 g/mol. The number of nitrogens with two attached hydrogens (primary N) is 5. The molecule has 2 saturated heterocycles. The number of carbonyl (C=O) groups excluding carboxylic acids is 13. The van der Waals surface area contributed by atoms with Gasteiger partial charge in [-0.3, -0.25) is 72.3 Å². The maximum atomic E-state index is 14.8. The Morgan fingerprint density at radius 3 is 1.81 bits per heavy atom. The van der Waals surface area contributed by atoms with Gasteiger partial charge in [-0.2, -0.15) is 0 Å². The molecule has 35 heteroatoms. The summed E-state index contributed by atoms with van der Waals surface area (Å²) in [6.45, 7) is 6.29. The number of likely N-dealkylation sites (tertiary alicyclic amines) is 1. The minimum Gasteiger partial charge on any atom is -0.508 e. The number of carbonyl (C=O) groups is 13. The molecule has 0 saturated carbocycles. The van der Waals surface area contributed by atoms with Crippen molar-refractivity contribution in [3.8, 4) is 5.75 Å². The van der Waals surface area contributed by atoms with Crippen LogP contribution < -0.4 is 87.2 Å². The number of aliphatic hydroxyl groups excluding tert-OH is 1. The van der Waals surface area contributed by atoms with Crippen molar-refractivity contribution in [3.63, 3.8) is 0 Å². The SMILES string of the molecule is CC(=O)N[C@@H]1CC(=O)N[C@@H](C)C(=O)NCCC[C@H](C(=O)N[C@@H](CO)C(=O)N[C@@H](Cc2ccc(O)cc2)C(=O)N[C@H](CCCN=C(N)N)C(=O)N[C@@H](CC(C)C)C(=O)N[C@@H](CCCN=C(N)N)C(=O)N2CCC[C@H]2C(=O)N[C@H](C)C(N)=O)NC(=O)[C@@H](Cc2ccc(Cl)cc2)NC1=O. The molecule has 0 spiro atoms. The summed E-state index contributed by atoms with van der Waals surface area (Å²) >= 11 is 6.13. The van der Waals surface area contributed by atoms with Gasteiger partial charge in [-0.25, -0.2) is 0 Å². The fourth-order valence-corrected chi connectivity index (χ4v) is 10.4. The normalized spacial score (nSPS) is 19.7. The van der Waals surface area contributed by atoms with Crippen LogP contribution in [-0.2, 0) is 75.2 Å². The average Bonchev–Trinajstić information content (AvgIpc) is 1.55. The van der Waals surface area contributed by atoms with E-state index in [-0.39, 0.29) is 114 Å². The quantitative estimate of drug-likeness (QED) is 0.0197. The van der Waals surface area contributed by atoms with Crippen LogP contribution in [0.1, 0.15) is 110 Å². The molecule has 0 unspecified atom stereocenters. The summed E-state index contributed by atoms with van der Waals surface area (Å²) in [6.07, 6.45) is -0.853. The second-order valence-corrected chi connectivity index (χ2v) is 24.3. The van der Waals surface area contributed by atoms with E-state index >= 15 is 0 Å². The molecule has 23 N–H and O–H groups in total. The van der Waals surface area contributed by atoms with Crippen molar-refractivity contribution < 1.29 is 72.5 Å². The molecule has 2 fully saturated rings. The van der Waals surface area contributed by atoms with Gasteiger partial charge in [0.1, 0.15) is 72.2 Å². The predicted octanol–water partition coefficient (Wildman–Crippen LogP) is -5.34. The van der Waals surface area contributed by atoms with Crippen LogP contribution in [0.3, 0.4) is 0 Å². The Morgan fingerprint density at radius 1 is 0.656 bits per heavy atom. The zero-order chi connectivity index (χ0) is 71.3. The lowest BCUT2D eigenvalue weighted by Crippen LogP contribution is -2.61. The van der Waals surface area contributed by atoms with Gasteiger partial charge in [0.25, 0.3) is 0 Å². The Kier molecular flexibility index (Phi) is 32.0. The zero-order valence-corrected chi connectivity index (χ0v) is 55.1. The molecule has 0 aromatic heterocycles. The number of hydrogen-bond donors (Lipinski definition) is 18. The molecule has 2 aromatic carbocycles. The van der Waals surface area contributed by atoms with Gasteiger partial charge in [0.2, 0.25) is 76.8 Å². The van der Waals surface area contributed by atoms with Crippen LogP contribution in [0.15, 0.2) is 58.5 Å². The Hall–Kier alpha value is -9.86. The zero-order valence-electron chi connectivity index (χ0n) is 54.4. The molecule has 2 aliphatic rings. The number of guanidine groups is 2. The van der Waals surface area contributed by atoms with E-state index in [1.165, 1.54) is 55.1 Å². The molecule has 4 rings (SSSR count). The number of benzene rings is 2. The minimum atomic E-state index is -1.87. The number of aliphatic imine (C=N–C) groups is 2. The molecule has 34 nitrogen and oxygen atoms in total. The monoisotopic (exact) mass is 1370 g/mol. The van der Waals surface area contributed by atoms with Gasteiger partial charge in [0.15, 0.2) is 11.9 Å². The fraction of sp³-hybridized carbons (Fsp3) is 0.557. The van der Waals surface area contributed by atoms with Crippen LogP contribution in [0.25, 0.3) is 0 Å². The number of nitrogens with one attached hydrogen (secondary N) is 11. The number of amides is 13. The lowest BCUT2D eigenvalue weighted by atomic mass is 10.0. The third-order valence-corrected chi connectivity index (χ3v) is 15.6. The van der Waals surface area contributed by atoms with Gasteiger partial charge in [-0.15, -0.1) is 0 Å². The summed E-state index contributed by atoms with van der Waals surface area (Å²) < 4.78 is 0. The van der Waals surface area contributed by atoms with Crippen LogP contribution in [0, 0.1) is 5.92 Å². The van der Waals surface area contributed by atoms with Crippen molar-refractivity contribution in [2.45, 2.75) is 178 Å². The Morgan fingerprint density at radius 2 is 1.22 bits per heavy atom. The van der Waals surface area contributed by atoms with E-state index in [4.69, 9.17) is 40.3 Å². The van der Waals surface area contributed by atoms with Crippen molar-refractivity contribution >= 4 is 100 Å². The second-order valence-electron chi connectivity index (χ2n) is 23.8. The number of halogens is 1. The summed E-state index contributed by atoms with van der Waals surface area (Å²) in [5.41, 5.74) is 28.5. The molecule has 0 aliphatic carbocycles. The van der Waals surface area contributed by atoms with Crippen molar-refractivity contribution in [2.75, 3.05) is 32.8 Å². The van der Waals surface area contributed by atoms with Crippen LogP contribution in [0.4, 0.5) is 0 Å². The maximum absolute atomic E-state index is 14.8. The molecule has 2 aliphatic heterocycles. The highest BCUT2D eigenvalue weighted by Crippen LogP contribution is 2.21. The number of aromatic hydroxyl groups is 1. The lowest BCUT2D eigenvalue weighted by molar-refractivity contribution is -0.142. The smallest absolute Gasteiger partial charge is 0.245 e. The van der Waals surface area contributed by atoms with Crippen molar-refractivity contribution in [2.24, 2.45) is 44.6 Å². The minimum absolute atomic E-state index is 0.0122. The molecule has 0 bridgehead atoms. The summed E-state index contributed by atoms with van der Waals surface area (Å²) in [5, 5.41) is 49.4. The first-order valence-electron chi connectivity index (χ1n) is 31.5. The molecule has 2 aromatic rings. The number of phenolic OH excluding ortho intramolecular Hbond substituents is 1. The van der Waals surface area contributed by atoms with Gasteiger partial charge in [-0.05, 0) is 113 Å². The number of phenols is 1. The molecule has 2 heterocycles. The lowest BCUT2D eigenvalue weighted by Gasteiger charge is -2.31. The molecule has 13 amide bonds. The average molecular weight is 1370 g/mol. The first-order chi connectivity index (χ1) is 45.3. The number of primary amides is 1. The number of aliphatic hydroxyl groups is 1. The second kappa shape index (κ2) is 39.1. The summed E-state index contributed by atoms with van der Waals surface area (Å²) in [5.74, 6) is -12.1. The van der Waals surface area contributed by atoms with E-state index in [9.17, 15) is 72.5 Å². The van der Waals surface area contributed by atoms with Gasteiger partial charge in [0.05, 0.1) is 13.0 Å². The van der Waals surface area contributed by atoms with Crippen LogP contribution in [0.5, 0.6) is 5.75 Å². The van der Waals surface area contributed by atoms with Gasteiger partial charge >= 0.3 is 0 Å². The predicted molar refractivity (Wildman–Crippen MR) is 350 cm³/mol. The van der Waals surface area contributed by atoms with Gasteiger partial charge in [-0.1, -0.05) is 49.7 Å². The van der Waals surface area contributed by atoms with Crippen LogP contribution >= 0.6 is 11.6 Å². The van der Waals surface area contributed by atoms with Gasteiger partial charge < -0.3 is 102 Å². The number of hydrogen-bond acceptors (Lipinski definition) is 17. The topological polar surface area (TPSA) is 553 Å². The van der Waals surface area contributed by atoms with Crippen molar-refractivity contribution in [1.29, 1.82) is 0 Å². The molecule has 0 radical (unpaired) electrons. The first kappa shape index (κ1) is 78.6. The third-order valence-electron chi connectivity index (χ3n) is 15.4. The highest BCUT2D eigenvalue weighted by atomic mass is 35.5. The molecule has 96 heavy (non-hydrogen) atoms. The summed E-state index contributed by atoms with van der Waals surface area (Å²) in [4.78, 5) is 188. The number of rotatable bonds is 30. The highest BCUT2D eigenvalue weighted by Gasteiger charge is 2.40. The Balaban J connectivity index is 1.67. The Labute approximate surface area is 560 Å². The maximum Gasteiger partial charge on any atom is 0.245 e. The highest BCUT2D eigenvalue weighted by molar-refractivity contribution is 6.30. The third kappa shape index (κ3) is 26.9. The molecular formula is C61H92ClN19O15. The largest absolute Gasteiger partial charge is 0.508 e. The summed E-state index contributed by atoms with van der Waals surface area (Å²) in [6, 6.07) is -3.86.